The van der Waals surface area contributed by atoms with Crippen LogP contribution in [-0.2, 0) is 20.7 Å². The average molecular weight is 346 g/mol. The highest BCUT2D eigenvalue weighted by atomic mass is 16.7. The van der Waals surface area contributed by atoms with E-state index in [9.17, 15) is 14.4 Å². The molecule has 0 unspecified atom stereocenters. The minimum atomic E-state index is -0.972. The number of benzene rings is 1. The summed E-state index contributed by atoms with van der Waals surface area (Å²) in [6, 6.07) is 2.91. The summed E-state index contributed by atoms with van der Waals surface area (Å²) in [5.74, 6) is -0.878. The molecule has 1 N–H and O–H groups in total. The first-order valence-corrected chi connectivity index (χ1v) is 7.73. The first-order chi connectivity index (χ1) is 12.0. The first-order valence-electron chi connectivity index (χ1n) is 7.73. The normalized spacial score (nSPS) is 20.8. The van der Waals surface area contributed by atoms with Gasteiger partial charge >= 0.3 is 17.6 Å². The Morgan fingerprint density at radius 1 is 1.32 bits per heavy atom. The van der Waals surface area contributed by atoms with Gasteiger partial charge in [-0.25, -0.2) is 4.79 Å². The Morgan fingerprint density at radius 3 is 2.84 bits per heavy atom. The highest BCUT2D eigenvalue weighted by Crippen LogP contribution is 2.50. The predicted octanol–water partition coefficient (Wildman–Crippen LogP) is 1.57. The van der Waals surface area contributed by atoms with Crippen LogP contribution in [0.1, 0.15) is 29.9 Å². The highest BCUT2D eigenvalue weighted by Gasteiger charge is 2.46. The van der Waals surface area contributed by atoms with Gasteiger partial charge in [0.15, 0.2) is 0 Å². The number of fused-ring (bicyclic) bond motifs is 5. The zero-order valence-corrected chi connectivity index (χ0v) is 13.2. The summed E-state index contributed by atoms with van der Waals surface area (Å²) in [6.07, 6.45) is -0.604. The van der Waals surface area contributed by atoms with Gasteiger partial charge in [-0.1, -0.05) is 0 Å². The molecule has 0 bridgehead atoms. The number of carboxylic acids is 1. The van der Waals surface area contributed by atoms with Crippen molar-refractivity contribution in [1.82, 2.24) is 0 Å². The van der Waals surface area contributed by atoms with E-state index in [1.165, 1.54) is 13.2 Å². The largest absolute Gasteiger partial charge is 0.496 e. The zero-order valence-electron chi connectivity index (χ0n) is 13.2. The van der Waals surface area contributed by atoms with Crippen molar-refractivity contribution in [1.29, 1.82) is 0 Å². The Kier molecular flexibility index (Phi) is 3.41. The van der Waals surface area contributed by atoms with E-state index in [2.05, 4.69) is 0 Å². The van der Waals surface area contributed by atoms with Crippen molar-refractivity contribution >= 4 is 22.9 Å². The number of methoxy groups -OCH3 is 1. The van der Waals surface area contributed by atoms with Crippen LogP contribution in [-0.4, -0.2) is 30.4 Å². The fourth-order valence-corrected chi connectivity index (χ4v) is 3.44. The van der Waals surface area contributed by atoms with Crippen molar-refractivity contribution < 1.29 is 33.3 Å². The van der Waals surface area contributed by atoms with E-state index in [4.69, 9.17) is 23.7 Å². The Hall–Kier alpha value is -3.03. The summed E-state index contributed by atoms with van der Waals surface area (Å²) >= 11 is 0. The summed E-state index contributed by atoms with van der Waals surface area (Å²) < 4.78 is 21.6. The standard InChI is InChI=1S/C17H14O8/c1-22-9-6-10-15(8-5-13(21)25-17(8)23-10)16-14(9)7(2-3-11(18)19)4-12(20)24-16/h4,6,8,17H,2-3,5H2,1H3,(H,18,19)/t8-,17+/m0/s1. The lowest BCUT2D eigenvalue weighted by molar-refractivity contribution is -0.150. The first kappa shape index (κ1) is 15.5. The molecular weight excluding hydrogens is 332 g/mol. The van der Waals surface area contributed by atoms with Crippen LogP contribution in [0.2, 0.25) is 0 Å². The summed E-state index contributed by atoms with van der Waals surface area (Å²) in [5.41, 5.74) is 0.757. The predicted molar refractivity (Wildman–Crippen MR) is 82.9 cm³/mol. The van der Waals surface area contributed by atoms with E-state index < -0.39 is 17.9 Å². The number of carbonyl (C=O) groups excluding carboxylic acids is 1. The lowest BCUT2D eigenvalue weighted by Gasteiger charge is -2.13. The van der Waals surface area contributed by atoms with E-state index in [1.54, 1.807) is 6.07 Å². The minimum Gasteiger partial charge on any atom is -0.496 e. The molecule has 4 rings (SSSR count). The van der Waals surface area contributed by atoms with Crippen LogP contribution in [0.5, 0.6) is 11.5 Å². The van der Waals surface area contributed by atoms with E-state index in [0.717, 1.165) is 0 Å². The van der Waals surface area contributed by atoms with E-state index >= 15 is 0 Å². The molecule has 1 aromatic carbocycles. The molecule has 1 saturated heterocycles. The summed E-state index contributed by atoms with van der Waals surface area (Å²) in [4.78, 5) is 34.5. The maximum Gasteiger partial charge on any atom is 0.336 e. The Labute approximate surface area is 140 Å². The topological polar surface area (TPSA) is 112 Å². The molecule has 2 aliphatic heterocycles. The third kappa shape index (κ3) is 2.41. The molecule has 1 fully saturated rings. The van der Waals surface area contributed by atoms with Crippen molar-refractivity contribution in [3.05, 3.63) is 33.7 Å². The molecule has 0 radical (unpaired) electrons. The molecule has 3 heterocycles. The van der Waals surface area contributed by atoms with Crippen molar-refractivity contribution in [2.45, 2.75) is 31.5 Å². The smallest absolute Gasteiger partial charge is 0.336 e. The molecule has 1 aromatic heterocycles. The monoisotopic (exact) mass is 346 g/mol. The SMILES string of the molecule is COc1cc2c(c3oc(=O)cc(CCC(=O)O)c13)[C@@H]1CC(=O)O[C@H]1O2. The lowest BCUT2D eigenvalue weighted by Crippen LogP contribution is -2.14. The van der Waals surface area contributed by atoms with Crippen LogP contribution in [0.3, 0.4) is 0 Å². The minimum absolute atomic E-state index is 0.127. The van der Waals surface area contributed by atoms with Crippen LogP contribution in [0.15, 0.2) is 21.3 Å². The lowest BCUT2D eigenvalue weighted by atomic mass is 9.93. The van der Waals surface area contributed by atoms with E-state index in [1.807, 2.05) is 0 Å². The quantitative estimate of drug-likeness (QED) is 0.656. The molecule has 8 heteroatoms. The van der Waals surface area contributed by atoms with E-state index in [-0.39, 0.29) is 36.7 Å². The van der Waals surface area contributed by atoms with Gasteiger partial charge < -0.3 is 23.7 Å². The fraction of sp³-hybridized carbons (Fsp3) is 0.353. The Bertz CT molecular complexity index is 957. The zero-order chi connectivity index (χ0) is 17.7. The van der Waals surface area contributed by atoms with Gasteiger partial charge in [0.2, 0.25) is 0 Å². The maximum atomic E-state index is 12.0. The number of rotatable bonds is 4. The molecule has 0 aliphatic carbocycles. The van der Waals surface area contributed by atoms with Crippen LogP contribution in [0.4, 0.5) is 0 Å². The number of ether oxygens (including phenoxy) is 3. The summed E-state index contributed by atoms with van der Waals surface area (Å²) in [5, 5.41) is 9.46. The second-order valence-corrected chi connectivity index (χ2v) is 5.97. The van der Waals surface area contributed by atoms with Crippen LogP contribution in [0, 0.1) is 0 Å². The number of hydrogen-bond donors (Lipinski definition) is 1. The van der Waals surface area contributed by atoms with Crippen molar-refractivity contribution in [3.63, 3.8) is 0 Å². The number of esters is 1. The van der Waals surface area contributed by atoms with Gasteiger partial charge in [-0.05, 0) is 12.0 Å². The van der Waals surface area contributed by atoms with Gasteiger partial charge in [-0.2, -0.15) is 0 Å². The molecule has 2 aliphatic rings. The molecule has 25 heavy (non-hydrogen) atoms. The van der Waals surface area contributed by atoms with Crippen molar-refractivity contribution in [2.24, 2.45) is 0 Å². The van der Waals surface area contributed by atoms with Gasteiger partial charge in [-0.15, -0.1) is 0 Å². The molecule has 0 amide bonds. The van der Waals surface area contributed by atoms with Crippen LogP contribution < -0.4 is 15.1 Å². The maximum absolute atomic E-state index is 12.0. The van der Waals surface area contributed by atoms with Gasteiger partial charge in [0.1, 0.15) is 17.1 Å². The molecule has 130 valence electrons. The van der Waals surface area contributed by atoms with Crippen molar-refractivity contribution in [3.8, 4) is 11.5 Å². The fourth-order valence-electron chi connectivity index (χ4n) is 3.44. The van der Waals surface area contributed by atoms with Crippen molar-refractivity contribution in [2.75, 3.05) is 7.11 Å². The number of hydrogen-bond acceptors (Lipinski definition) is 7. The average Bonchev–Trinajstić information content (AvgIpc) is 3.06. The number of aliphatic carboxylic acids is 1. The van der Waals surface area contributed by atoms with Crippen LogP contribution >= 0.6 is 0 Å². The summed E-state index contributed by atoms with van der Waals surface area (Å²) in [7, 11) is 1.46. The van der Waals surface area contributed by atoms with Gasteiger partial charge in [-0.3, -0.25) is 9.59 Å². The molecule has 2 aromatic rings. The Balaban J connectivity index is 1.96. The number of carbonyl (C=O) groups is 2. The van der Waals surface area contributed by atoms with E-state index in [0.29, 0.717) is 28.0 Å². The summed E-state index contributed by atoms with van der Waals surface area (Å²) in [6.45, 7) is 0. The van der Waals surface area contributed by atoms with Gasteiger partial charge in [0, 0.05) is 24.1 Å². The number of carboxylic acid groups (broad SMARTS) is 1. The van der Waals surface area contributed by atoms with Crippen LogP contribution in [0.25, 0.3) is 11.0 Å². The van der Waals surface area contributed by atoms with Gasteiger partial charge in [0.25, 0.3) is 6.29 Å². The molecule has 2 atom stereocenters. The third-order valence-electron chi connectivity index (χ3n) is 4.47. The van der Waals surface area contributed by atoms with Gasteiger partial charge in [0.05, 0.1) is 24.8 Å². The number of aryl methyl sites for hydroxylation is 1. The molecule has 8 nitrogen and oxygen atoms in total. The second-order valence-electron chi connectivity index (χ2n) is 5.97. The highest BCUT2D eigenvalue weighted by molar-refractivity contribution is 5.93. The third-order valence-corrected chi connectivity index (χ3v) is 4.47. The Morgan fingerprint density at radius 2 is 2.12 bits per heavy atom. The molecule has 0 spiro atoms. The second kappa shape index (κ2) is 5.51. The molecular formula is C17H14O8. The molecule has 0 saturated carbocycles.